The summed E-state index contributed by atoms with van der Waals surface area (Å²) in [4.78, 5) is 19.8. The Balaban J connectivity index is 2.03. The second-order valence-corrected chi connectivity index (χ2v) is 5.38. The summed E-state index contributed by atoms with van der Waals surface area (Å²) in [6.45, 7) is 0. The number of hydrogen-bond acceptors (Lipinski definition) is 6. The third kappa shape index (κ3) is 2.66. The first-order chi connectivity index (χ1) is 10.7. The second-order valence-electron chi connectivity index (χ2n) is 4.38. The van der Waals surface area contributed by atoms with Crippen molar-refractivity contribution in [1.82, 2.24) is 9.97 Å². The van der Waals surface area contributed by atoms with E-state index >= 15 is 0 Å². The average Bonchev–Trinajstić information content (AvgIpc) is 3.00. The van der Waals surface area contributed by atoms with E-state index in [0.717, 1.165) is 21.1 Å². The van der Waals surface area contributed by atoms with Gasteiger partial charge in [-0.3, -0.25) is 15.1 Å². The van der Waals surface area contributed by atoms with E-state index in [1.54, 1.807) is 25.4 Å². The van der Waals surface area contributed by atoms with Gasteiger partial charge in [0.15, 0.2) is 0 Å². The number of nitro benzene ring substituents is 1. The molecule has 0 bridgehead atoms. The number of nitro groups is 1. The Morgan fingerprint density at radius 3 is 2.55 bits per heavy atom. The lowest BCUT2D eigenvalue weighted by atomic mass is 10.2. The number of non-ortho nitro benzene ring substituents is 1. The third-order valence-electron chi connectivity index (χ3n) is 3.01. The number of aromatic nitrogens is 2. The molecular formula is C15H11N3O3S. The highest BCUT2D eigenvalue weighted by molar-refractivity contribution is 7.18. The monoisotopic (exact) mass is 313 g/mol. The maximum Gasteiger partial charge on any atom is 0.269 e. The quantitative estimate of drug-likeness (QED) is 0.541. The summed E-state index contributed by atoms with van der Waals surface area (Å²) < 4.78 is 5.32. The van der Waals surface area contributed by atoms with Crippen LogP contribution in [0, 0.1) is 10.1 Å². The van der Waals surface area contributed by atoms with Gasteiger partial charge < -0.3 is 4.74 Å². The van der Waals surface area contributed by atoms with Crippen molar-refractivity contribution >= 4 is 17.0 Å². The predicted molar refractivity (Wildman–Crippen MR) is 84.0 cm³/mol. The van der Waals surface area contributed by atoms with Gasteiger partial charge in [-0.25, -0.2) is 0 Å². The molecule has 0 N–H and O–H groups in total. The number of hydrogen-bond donors (Lipinski definition) is 0. The zero-order chi connectivity index (χ0) is 15.5. The van der Waals surface area contributed by atoms with Crippen LogP contribution in [0.5, 0.6) is 5.88 Å². The molecule has 0 aliphatic heterocycles. The molecule has 2 aromatic heterocycles. The molecule has 110 valence electrons. The number of rotatable bonds is 4. The fourth-order valence-corrected chi connectivity index (χ4v) is 2.98. The van der Waals surface area contributed by atoms with Gasteiger partial charge in [-0.15, -0.1) is 11.3 Å². The molecule has 0 saturated heterocycles. The Kier molecular flexibility index (Phi) is 3.80. The molecule has 6 nitrogen and oxygen atoms in total. The molecule has 0 saturated carbocycles. The van der Waals surface area contributed by atoms with Crippen LogP contribution in [0.2, 0.25) is 0 Å². The Bertz CT molecular complexity index is 801. The summed E-state index contributed by atoms with van der Waals surface area (Å²) >= 11 is 1.44. The predicted octanol–water partition coefficient (Wildman–Crippen LogP) is 3.79. The number of ether oxygens (including phenoxy) is 1. The lowest BCUT2D eigenvalue weighted by molar-refractivity contribution is -0.384. The number of pyridine rings is 1. The Morgan fingerprint density at radius 1 is 1.18 bits per heavy atom. The topological polar surface area (TPSA) is 78.2 Å². The average molecular weight is 313 g/mol. The smallest absolute Gasteiger partial charge is 0.269 e. The van der Waals surface area contributed by atoms with Crippen molar-refractivity contribution in [1.29, 1.82) is 0 Å². The van der Waals surface area contributed by atoms with Crippen LogP contribution in [0.4, 0.5) is 5.69 Å². The van der Waals surface area contributed by atoms with Crippen LogP contribution >= 0.6 is 11.3 Å². The number of methoxy groups -OCH3 is 1. The van der Waals surface area contributed by atoms with Gasteiger partial charge in [-0.2, -0.15) is 4.98 Å². The zero-order valence-electron chi connectivity index (χ0n) is 11.6. The van der Waals surface area contributed by atoms with Crippen LogP contribution in [0.25, 0.3) is 21.1 Å². The molecule has 0 spiro atoms. The van der Waals surface area contributed by atoms with Crippen LogP contribution < -0.4 is 4.74 Å². The summed E-state index contributed by atoms with van der Waals surface area (Å²) in [5.74, 6) is 0.486. The van der Waals surface area contributed by atoms with Crippen molar-refractivity contribution in [3.05, 3.63) is 58.8 Å². The minimum atomic E-state index is -0.424. The Morgan fingerprint density at radius 2 is 1.95 bits per heavy atom. The van der Waals surface area contributed by atoms with Crippen molar-refractivity contribution in [3.63, 3.8) is 0 Å². The first-order valence-corrected chi connectivity index (χ1v) is 7.21. The van der Waals surface area contributed by atoms with Gasteiger partial charge in [0, 0.05) is 18.3 Å². The highest BCUT2D eigenvalue weighted by Crippen LogP contribution is 2.39. The summed E-state index contributed by atoms with van der Waals surface area (Å²) in [5.41, 5.74) is 1.64. The fourth-order valence-electron chi connectivity index (χ4n) is 1.96. The second kappa shape index (κ2) is 5.90. The van der Waals surface area contributed by atoms with Crippen molar-refractivity contribution in [2.45, 2.75) is 0 Å². The normalized spacial score (nSPS) is 10.4. The van der Waals surface area contributed by atoms with Gasteiger partial charge in [0.1, 0.15) is 5.01 Å². The van der Waals surface area contributed by atoms with Crippen LogP contribution in [-0.2, 0) is 0 Å². The molecule has 1 aromatic carbocycles. The van der Waals surface area contributed by atoms with Crippen molar-refractivity contribution in [2.24, 2.45) is 0 Å². The van der Waals surface area contributed by atoms with Gasteiger partial charge in [-0.1, -0.05) is 6.07 Å². The fraction of sp³-hybridized carbons (Fsp3) is 0.0667. The molecular weight excluding hydrogens is 302 g/mol. The van der Waals surface area contributed by atoms with E-state index in [4.69, 9.17) is 4.74 Å². The van der Waals surface area contributed by atoms with E-state index in [0.29, 0.717) is 5.88 Å². The lowest BCUT2D eigenvalue weighted by Crippen LogP contribution is -1.88. The van der Waals surface area contributed by atoms with Gasteiger partial charge in [-0.05, 0) is 29.8 Å². The van der Waals surface area contributed by atoms with Gasteiger partial charge >= 0.3 is 0 Å². The molecule has 0 fully saturated rings. The molecule has 0 amide bonds. The molecule has 0 radical (unpaired) electrons. The summed E-state index contributed by atoms with van der Waals surface area (Å²) in [6, 6.07) is 11.9. The molecule has 0 atom stereocenters. The zero-order valence-corrected chi connectivity index (χ0v) is 12.4. The largest absolute Gasteiger partial charge is 0.480 e. The van der Waals surface area contributed by atoms with Crippen LogP contribution in [-0.4, -0.2) is 22.0 Å². The Hall–Kier alpha value is -2.80. The standard InChI is InChI=1S/C15H11N3O3S/c1-21-14-13(10-5-7-11(8-6-10)18(19)20)22-15(17-14)12-4-2-3-9-16-12/h2-9H,1H3. The molecule has 3 rings (SSSR count). The van der Waals surface area contributed by atoms with Gasteiger partial charge in [0.05, 0.1) is 22.6 Å². The molecule has 3 aromatic rings. The van der Waals surface area contributed by atoms with Crippen molar-refractivity contribution < 1.29 is 9.66 Å². The summed E-state index contributed by atoms with van der Waals surface area (Å²) in [5, 5.41) is 11.5. The van der Waals surface area contributed by atoms with E-state index in [1.807, 2.05) is 18.2 Å². The lowest BCUT2D eigenvalue weighted by Gasteiger charge is -2.00. The molecule has 7 heteroatoms. The number of benzene rings is 1. The van der Waals surface area contributed by atoms with E-state index in [2.05, 4.69) is 9.97 Å². The third-order valence-corrected chi connectivity index (χ3v) is 4.12. The van der Waals surface area contributed by atoms with Crippen LogP contribution in [0.3, 0.4) is 0 Å². The maximum absolute atomic E-state index is 10.7. The molecule has 0 aliphatic carbocycles. The van der Waals surface area contributed by atoms with Gasteiger partial charge in [0.2, 0.25) is 5.88 Å². The van der Waals surface area contributed by atoms with Crippen LogP contribution in [0.1, 0.15) is 0 Å². The maximum atomic E-state index is 10.7. The molecule has 0 aliphatic rings. The minimum absolute atomic E-state index is 0.0529. The number of nitrogens with zero attached hydrogens (tertiary/aromatic N) is 3. The van der Waals surface area contributed by atoms with E-state index in [1.165, 1.54) is 23.5 Å². The first kappa shape index (κ1) is 14.2. The van der Waals surface area contributed by atoms with Gasteiger partial charge in [0.25, 0.3) is 5.69 Å². The molecule has 22 heavy (non-hydrogen) atoms. The van der Waals surface area contributed by atoms with Crippen LogP contribution in [0.15, 0.2) is 48.7 Å². The number of thiazole rings is 1. The van der Waals surface area contributed by atoms with Crippen molar-refractivity contribution in [3.8, 4) is 27.0 Å². The van der Waals surface area contributed by atoms with E-state index in [-0.39, 0.29) is 5.69 Å². The molecule has 2 heterocycles. The highest BCUT2D eigenvalue weighted by atomic mass is 32.1. The summed E-state index contributed by atoms with van der Waals surface area (Å²) in [7, 11) is 1.55. The minimum Gasteiger partial charge on any atom is -0.480 e. The summed E-state index contributed by atoms with van der Waals surface area (Å²) in [6.07, 6.45) is 1.70. The molecule has 0 unspecified atom stereocenters. The van der Waals surface area contributed by atoms with Crippen molar-refractivity contribution in [2.75, 3.05) is 7.11 Å². The van der Waals surface area contributed by atoms with E-state index < -0.39 is 4.92 Å². The first-order valence-electron chi connectivity index (χ1n) is 6.40. The van der Waals surface area contributed by atoms with E-state index in [9.17, 15) is 10.1 Å². The Labute approximate surface area is 130 Å². The SMILES string of the molecule is COc1nc(-c2ccccn2)sc1-c1ccc([N+](=O)[O-])cc1. The highest BCUT2D eigenvalue weighted by Gasteiger charge is 2.16.